The number of rotatable bonds is 1. The van der Waals surface area contributed by atoms with Gasteiger partial charge in [-0.2, -0.15) is 13.2 Å². The molecule has 0 heterocycles. The molecule has 1 rings (SSSR count). The number of benzene rings is 1. The minimum atomic E-state index is -4.48. The van der Waals surface area contributed by atoms with Crippen molar-refractivity contribution < 1.29 is 18.0 Å². The summed E-state index contributed by atoms with van der Waals surface area (Å²) in [5.74, 6) is -0.426. The number of carbonyl (C=O) groups is 1. The van der Waals surface area contributed by atoms with Gasteiger partial charge in [0, 0.05) is 11.3 Å². The van der Waals surface area contributed by atoms with Gasteiger partial charge in [0.1, 0.15) is 0 Å². The minimum Gasteiger partial charge on any atom is -0.399 e. The molecular weight excluding hydrogens is 207 g/mol. The van der Waals surface area contributed by atoms with Crippen LogP contribution in [0.3, 0.4) is 0 Å². The van der Waals surface area contributed by atoms with Gasteiger partial charge in [0.05, 0.1) is 5.56 Å². The highest BCUT2D eigenvalue weighted by Gasteiger charge is 2.33. The average molecular weight is 217 g/mol. The van der Waals surface area contributed by atoms with E-state index in [1.807, 2.05) is 0 Å². The number of alkyl halides is 3. The van der Waals surface area contributed by atoms with Crippen LogP contribution in [0.25, 0.3) is 0 Å². The number of nitrogen functional groups attached to an aromatic ring is 1. The summed E-state index contributed by atoms with van der Waals surface area (Å²) >= 11 is 0. The van der Waals surface area contributed by atoms with Crippen LogP contribution in [-0.4, -0.2) is 5.78 Å². The molecule has 0 amide bonds. The van der Waals surface area contributed by atoms with Crippen LogP contribution < -0.4 is 5.73 Å². The fourth-order valence-corrected chi connectivity index (χ4v) is 1.40. The lowest BCUT2D eigenvalue weighted by molar-refractivity contribution is -0.138. The number of nitrogens with two attached hydrogens (primary N) is 1. The van der Waals surface area contributed by atoms with E-state index in [-0.39, 0.29) is 16.8 Å². The van der Waals surface area contributed by atoms with Crippen molar-refractivity contribution in [3.8, 4) is 0 Å². The van der Waals surface area contributed by atoms with E-state index in [1.165, 1.54) is 19.9 Å². The van der Waals surface area contributed by atoms with Crippen molar-refractivity contribution in [3.05, 3.63) is 28.8 Å². The molecular formula is C10H10F3NO. The molecule has 0 saturated heterocycles. The molecule has 0 unspecified atom stereocenters. The Labute approximate surface area is 84.9 Å². The molecule has 1 aromatic rings. The Kier molecular flexibility index (Phi) is 2.75. The van der Waals surface area contributed by atoms with Crippen LogP contribution in [0.5, 0.6) is 0 Å². The third kappa shape index (κ3) is 2.29. The van der Waals surface area contributed by atoms with E-state index in [0.29, 0.717) is 0 Å². The van der Waals surface area contributed by atoms with E-state index in [4.69, 9.17) is 5.73 Å². The number of hydrogen-bond acceptors (Lipinski definition) is 2. The number of ketones is 1. The van der Waals surface area contributed by atoms with Crippen molar-refractivity contribution in [2.24, 2.45) is 0 Å². The highest BCUT2D eigenvalue weighted by molar-refractivity contribution is 5.96. The summed E-state index contributed by atoms with van der Waals surface area (Å²) in [6.45, 7) is 2.47. The molecule has 0 bridgehead atoms. The first-order valence-electron chi connectivity index (χ1n) is 4.21. The fraction of sp³-hybridized carbons (Fsp3) is 0.300. The Morgan fingerprint density at radius 2 is 1.87 bits per heavy atom. The van der Waals surface area contributed by atoms with Crippen molar-refractivity contribution in [2.45, 2.75) is 20.0 Å². The molecule has 0 aromatic heterocycles. The quantitative estimate of drug-likeness (QED) is 0.580. The Hall–Kier alpha value is -1.52. The van der Waals surface area contributed by atoms with Gasteiger partial charge in [-0.15, -0.1) is 0 Å². The van der Waals surface area contributed by atoms with E-state index in [2.05, 4.69) is 0 Å². The van der Waals surface area contributed by atoms with Crippen molar-refractivity contribution >= 4 is 11.5 Å². The summed E-state index contributed by atoms with van der Waals surface area (Å²) in [7, 11) is 0. The van der Waals surface area contributed by atoms with Gasteiger partial charge in [-0.3, -0.25) is 4.79 Å². The molecule has 0 fully saturated rings. The molecule has 0 radical (unpaired) electrons. The molecule has 0 aliphatic heterocycles. The van der Waals surface area contributed by atoms with Crippen molar-refractivity contribution in [1.82, 2.24) is 0 Å². The van der Waals surface area contributed by atoms with Gasteiger partial charge in [-0.05, 0) is 31.5 Å². The second-order valence-electron chi connectivity index (χ2n) is 3.29. The molecule has 0 aliphatic carbocycles. The number of halogens is 3. The summed E-state index contributed by atoms with van der Waals surface area (Å²) in [5, 5.41) is 0. The normalized spacial score (nSPS) is 11.5. The first-order valence-corrected chi connectivity index (χ1v) is 4.21. The van der Waals surface area contributed by atoms with Crippen LogP contribution in [-0.2, 0) is 6.18 Å². The monoisotopic (exact) mass is 217 g/mol. The summed E-state index contributed by atoms with van der Waals surface area (Å²) < 4.78 is 37.5. The summed E-state index contributed by atoms with van der Waals surface area (Å²) in [4.78, 5) is 11.1. The summed E-state index contributed by atoms with van der Waals surface area (Å²) in [6.07, 6.45) is -4.48. The van der Waals surface area contributed by atoms with Crippen LogP contribution >= 0.6 is 0 Å². The fourth-order valence-electron chi connectivity index (χ4n) is 1.40. The molecule has 0 aliphatic rings. The van der Waals surface area contributed by atoms with Crippen LogP contribution in [0.15, 0.2) is 12.1 Å². The van der Waals surface area contributed by atoms with Gasteiger partial charge in [-0.25, -0.2) is 0 Å². The van der Waals surface area contributed by atoms with E-state index < -0.39 is 17.5 Å². The number of hydrogen-bond donors (Lipinski definition) is 1. The second-order valence-corrected chi connectivity index (χ2v) is 3.29. The van der Waals surface area contributed by atoms with Crippen LogP contribution in [0.2, 0.25) is 0 Å². The minimum absolute atomic E-state index is 0.0160. The standard InChI is InChI=1S/C10H10F3NO/c1-5-8(6(2)15)3-7(14)4-9(5)10(11,12)13/h3-4H,14H2,1-2H3. The van der Waals surface area contributed by atoms with Gasteiger partial charge in [0.2, 0.25) is 0 Å². The van der Waals surface area contributed by atoms with Gasteiger partial charge in [0.25, 0.3) is 0 Å². The molecule has 82 valence electrons. The molecule has 2 N–H and O–H groups in total. The maximum Gasteiger partial charge on any atom is 0.416 e. The third-order valence-corrected chi connectivity index (χ3v) is 2.11. The lowest BCUT2D eigenvalue weighted by atomic mass is 9.98. The smallest absolute Gasteiger partial charge is 0.399 e. The largest absolute Gasteiger partial charge is 0.416 e. The number of anilines is 1. The highest BCUT2D eigenvalue weighted by Crippen LogP contribution is 2.34. The molecule has 2 nitrogen and oxygen atoms in total. The summed E-state index contributed by atoms with van der Waals surface area (Å²) in [6, 6.07) is 2.09. The molecule has 0 spiro atoms. The van der Waals surface area contributed by atoms with Gasteiger partial charge >= 0.3 is 6.18 Å². The van der Waals surface area contributed by atoms with E-state index in [9.17, 15) is 18.0 Å². The third-order valence-electron chi connectivity index (χ3n) is 2.11. The first kappa shape index (κ1) is 11.6. The predicted molar refractivity (Wildman–Crippen MR) is 50.6 cm³/mol. The van der Waals surface area contributed by atoms with E-state index >= 15 is 0 Å². The zero-order valence-corrected chi connectivity index (χ0v) is 8.27. The van der Waals surface area contributed by atoms with Crippen LogP contribution in [0, 0.1) is 6.92 Å². The molecule has 5 heteroatoms. The lowest BCUT2D eigenvalue weighted by Crippen LogP contribution is -2.11. The molecule has 0 atom stereocenters. The van der Waals surface area contributed by atoms with Gasteiger partial charge < -0.3 is 5.73 Å². The molecule has 1 aromatic carbocycles. The van der Waals surface area contributed by atoms with Gasteiger partial charge in [-0.1, -0.05) is 0 Å². The Balaban J connectivity index is 3.49. The molecule has 0 saturated carbocycles. The van der Waals surface area contributed by atoms with Crippen molar-refractivity contribution in [2.75, 3.05) is 5.73 Å². The van der Waals surface area contributed by atoms with E-state index in [0.717, 1.165) is 6.07 Å². The maximum absolute atomic E-state index is 12.5. The second kappa shape index (κ2) is 3.56. The van der Waals surface area contributed by atoms with Crippen molar-refractivity contribution in [1.29, 1.82) is 0 Å². The summed E-state index contributed by atoms with van der Waals surface area (Å²) in [5.41, 5.74) is 4.34. The molecule has 15 heavy (non-hydrogen) atoms. The predicted octanol–water partition coefficient (Wildman–Crippen LogP) is 2.80. The lowest BCUT2D eigenvalue weighted by Gasteiger charge is -2.13. The SMILES string of the molecule is CC(=O)c1cc(N)cc(C(F)(F)F)c1C. The Morgan fingerprint density at radius 1 is 1.33 bits per heavy atom. The highest BCUT2D eigenvalue weighted by atomic mass is 19.4. The van der Waals surface area contributed by atoms with Crippen LogP contribution in [0.1, 0.15) is 28.4 Å². The topological polar surface area (TPSA) is 43.1 Å². The Bertz CT molecular complexity index is 410. The van der Waals surface area contributed by atoms with Crippen molar-refractivity contribution in [3.63, 3.8) is 0 Å². The van der Waals surface area contributed by atoms with Gasteiger partial charge in [0.15, 0.2) is 5.78 Å². The number of Topliss-reactive ketones (excluding diaryl/α,β-unsaturated/α-hetero) is 1. The zero-order chi connectivity index (χ0) is 11.8. The Morgan fingerprint density at radius 3 is 2.27 bits per heavy atom. The maximum atomic E-state index is 12.5. The average Bonchev–Trinajstić information content (AvgIpc) is 2.06. The van der Waals surface area contributed by atoms with Crippen LogP contribution in [0.4, 0.5) is 18.9 Å². The first-order chi connectivity index (χ1) is 6.73. The zero-order valence-electron chi connectivity index (χ0n) is 8.27. The number of carbonyl (C=O) groups excluding carboxylic acids is 1. The van der Waals surface area contributed by atoms with E-state index in [1.54, 1.807) is 0 Å².